The maximum Gasteiger partial charge on any atom is 0.306 e. The van der Waals surface area contributed by atoms with Crippen LogP contribution < -0.4 is 5.73 Å². The topological polar surface area (TPSA) is 86.5 Å². The molecule has 0 heterocycles. The number of sulfone groups is 1. The Labute approximate surface area is 84.5 Å². The van der Waals surface area contributed by atoms with Crippen LogP contribution in [0.15, 0.2) is 0 Å². The number of nitrogens with two attached hydrogens (primary N) is 1. The quantitative estimate of drug-likeness (QED) is 0.625. The van der Waals surface area contributed by atoms with E-state index in [1.54, 1.807) is 6.92 Å². The van der Waals surface area contributed by atoms with Gasteiger partial charge >= 0.3 is 5.97 Å². The van der Waals surface area contributed by atoms with Crippen LogP contribution in [0.25, 0.3) is 0 Å². The fraction of sp³-hybridized carbons (Fsp3) is 0.875. The van der Waals surface area contributed by atoms with Crippen LogP contribution in [0.1, 0.15) is 19.8 Å². The number of esters is 1. The Morgan fingerprint density at radius 2 is 2.07 bits per heavy atom. The first-order valence-electron chi connectivity index (χ1n) is 4.42. The largest absolute Gasteiger partial charge is 0.469 e. The molecule has 0 aromatic rings. The van der Waals surface area contributed by atoms with Gasteiger partial charge in [0.25, 0.3) is 0 Å². The molecule has 2 N–H and O–H groups in total. The van der Waals surface area contributed by atoms with Gasteiger partial charge in [0.1, 0.15) is 0 Å². The Hall–Kier alpha value is -0.620. The van der Waals surface area contributed by atoms with Gasteiger partial charge in [0.05, 0.1) is 24.5 Å². The van der Waals surface area contributed by atoms with Crippen LogP contribution in [0.3, 0.4) is 0 Å². The van der Waals surface area contributed by atoms with Crippen molar-refractivity contribution in [2.45, 2.75) is 25.0 Å². The first-order valence-corrected chi connectivity index (χ1v) is 6.14. The summed E-state index contributed by atoms with van der Waals surface area (Å²) in [6, 6.07) is 0. The summed E-state index contributed by atoms with van der Waals surface area (Å²) in [5.74, 6) is -0.672. The van der Waals surface area contributed by atoms with Crippen molar-refractivity contribution in [3.8, 4) is 0 Å². The molecule has 84 valence electrons. The summed E-state index contributed by atoms with van der Waals surface area (Å²) in [6.45, 7) is 1.93. The average Bonchev–Trinajstić information content (AvgIpc) is 2.14. The summed E-state index contributed by atoms with van der Waals surface area (Å²) in [7, 11) is -1.97. The van der Waals surface area contributed by atoms with Gasteiger partial charge in [-0.25, -0.2) is 8.42 Å². The van der Waals surface area contributed by atoms with E-state index in [1.165, 1.54) is 7.11 Å². The summed E-state index contributed by atoms with van der Waals surface area (Å²) < 4.78 is 27.3. The Bertz CT molecular complexity index is 273. The predicted molar refractivity (Wildman–Crippen MR) is 53.6 cm³/mol. The molecule has 1 unspecified atom stereocenters. The number of methoxy groups -OCH3 is 1. The molecule has 0 aromatic carbocycles. The third-order valence-electron chi connectivity index (χ3n) is 2.00. The summed E-state index contributed by atoms with van der Waals surface area (Å²) >= 11 is 0. The van der Waals surface area contributed by atoms with Crippen molar-refractivity contribution >= 4 is 15.8 Å². The molecule has 0 saturated carbocycles. The van der Waals surface area contributed by atoms with Gasteiger partial charge in [0.2, 0.25) is 0 Å². The molecule has 0 aliphatic carbocycles. The highest BCUT2D eigenvalue weighted by Gasteiger charge is 2.21. The molecule has 0 rings (SSSR count). The molecule has 1 atom stereocenters. The van der Waals surface area contributed by atoms with Crippen LogP contribution in [-0.4, -0.2) is 39.0 Å². The van der Waals surface area contributed by atoms with Gasteiger partial charge in [-0.1, -0.05) is 0 Å². The fourth-order valence-electron chi connectivity index (χ4n) is 0.943. The zero-order valence-corrected chi connectivity index (χ0v) is 9.34. The lowest BCUT2D eigenvalue weighted by Crippen LogP contribution is -2.25. The third-order valence-corrected chi connectivity index (χ3v) is 4.24. The average molecular weight is 223 g/mol. The standard InChI is InChI=1S/C8H17NO4S/c1-7(3-5-9)14(11,12)6-4-8(10)13-2/h7H,3-6,9H2,1-2H3. The van der Waals surface area contributed by atoms with E-state index in [-0.39, 0.29) is 12.2 Å². The van der Waals surface area contributed by atoms with E-state index >= 15 is 0 Å². The Morgan fingerprint density at radius 1 is 1.50 bits per heavy atom. The van der Waals surface area contributed by atoms with Crippen molar-refractivity contribution in [3.05, 3.63) is 0 Å². The fourth-order valence-corrected chi connectivity index (χ4v) is 2.29. The zero-order chi connectivity index (χ0) is 11.2. The molecule has 0 amide bonds. The second-order valence-electron chi connectivity index (χ2n) is 3.08. The SMILES string of the molecule is COC(=O)CCS(=O)(=O)C(C)CCN. The van der Waals surface area contributed by atoms with E-state index in [0.29, 0.717) is 13.0 Å². The Morgan fingerprint density at radius 3 is 2.50 bits per heavy atom. The minimum atomic E-state index is -3.21. The number of carbonyl (C=O) groups excluding carboxylic acids is 1. The lowest BCUT2D eigenvalue weighted by molar-refractivity contribution is -0.140. The molecule has 6 heteroatoms. The van der Waals surface area contributed by atoms with Crippen molar-refractivity contribution in [2.24, 2.45) is 5.73 Å². The van der Waals surface area contributed by atoms with Crippen molar-refractivity contribution in [1.29, 1.82) is 0 Å². The zero-order valence-electron chi connectivity index (χ0n) is 8.52. The highest BCUT2D eigenvalue weighted by molar-refractivity contribution is 7.92. The molecule has 0 aromatic heterocycles. The maximum atomic E-state index is 11.5. The molecule has 5 nitrogen and oxygen atoms in total. The van der Waals surface area contributed by atoms with Crippen LogP contribution in [-0.2, 0) is 19.4 Å². The molecule has 0 radical (unpaired) electrons. The molecular formula is C8H17NO4S. The number of carbonyl (C=O) groups is 1. The third kappa shape index (κ3) is 4.57. The van der Waals surface area contributed by atoms with E-state index < -0.39 is 21.1 Å². The normalized spacial score (nSPS) is 13.6. The van der Waals surface area contributed by atoms with Gasteiger partial charge in [0.15, 0.2) is 9.84 Å². The minimum absolute atomic E-state index is 0.0895. The van der Waals surface area contributed by atoms with Crippen LogP contribution in [0.4, 0.5) is 0 Å². The summed E-state index contributed by atoms with van der Waals surface area (Å²) in [5.41, 5.74) is 5.25. The first-order chi connectivity index (χ1) is 6.44. The maximum absolute atomic E-state index is 11.5. The molecule has 0 saturated heterocycles. The van der Waals surface area contributed by atoms with Crippen molar-refractivity contribution in [1.82, 2.24) is 0 Å². The van der Waals surface area contributed by atoms with Crippen LogP contribution in [0, 0.1) is 0 Å². The monoisotopic (exact) mass is 223 g/mol. The van der Waals surface area contributed by atoms with Crippen LogP contribution >= 0.6 is 0 Å². The lowest BCUT2D eigenvalue weighted by atomic mass is 10.3. The van der Waals surface area contributed by atoms with E-state index in [4.69, 9.17) is 5.73 Å². The van der Waals surface area contributed by atoms with Gasteiger partial charge in [-0.2, -0.15) is 0 Å². The molecule has 0 bridgehead atoms. The molecule has 0 fully saturated rings. The molecule has 0 aliphatic heterocycles. The number of ether oxygens (including phenoxy) is 1. The molecule has 14 heavy (non-hydrogen) atoms. The van der Waals surface area contributed by atoms with Gasteiger partial charge in [-0.3, -0.25) is 4.79 Å². The Balaban J connectivity index is 4.14. The van der Waals surface area contributed by atoms with E-state index in [2.05, 4.69) is 4.74 Å². The second kappa shape index (κ2) is 5.98. The summed E-state index contributed by atoms with van der Waals surface area (Å²) in [4.78, 5) is 10.7. The minimum Gasteiger partial charge on any atom is -0.469 e. The van der Waals surface area contributed by atoms with Gasteiger partial charge in [-0.05, 0) is 19.9 Å². The summed E-state index contributed by atoms with van der Waals surface area (Å²) in [6.07, 6.45) is 0.331. The van der Waals surface area contributed by atoms with Crippen LogP contribution in [0.2, 0.25) is 0 Å². The predicted octanol–water partition coefficient (Wildman–Crippen LogP) is -0.298. The van der Waals surface area contributed by atoms with Gasteiger partial charge in [-0.15, -0.1) is 0 Å². The van der Waals surface area contributed by atoms with E-state index in [9.17, 15) is 13.2 Å². The van der Waals surface area contributed by atoms with E-state index in [1.807, 2.05) is 0 Å². The smallest absolute Gasteiger partial charge is 0.306 e. The Kier molecular flexibility index (Phi) is 5.71. The molecular weight excluding hydrogens is 206 g/mol. The highest BCUT2D eigenvalue weighted by atomic mass is 32.2. The summed E-state index contributed by atoms with van der Waals surface area (Å²) in [5, 5.41) is -0.489. The number of rotatable bonds is 6. The van der Waals surface area contributed by atoms with Gasteiger partial charge in [0, 0.05) is 0 Å². The van der Waals surface area contributed by atoms with E-state index in [0.717, 1.165) is 0 Å². The number of hydrogen-bond donors (Lipinski definition) is 1. The van der Waals surface area contributed by atoms with Crippen molar-refractivity contribution in [2.75, 3.05) is 19.4 Å². The molecule has 0 spiro atoms. The lowest BCUT2D eigenvalue weighted by Gasteiger charge is -2.10. The van der Waals surface area contributed by atoms with Crippen LogP contribution in [0.5, 0.6) is 0 Å². The van der Waals surface area contributed by atoms with Crippen molar-refractivity contribution in [3.63, 3.8) is 0 Å². The molecule has 0 aliphatic rings. The highest BCUT2D eigenvalue weighted by Crippen LogP contribution is 2.07. The second-order valence-corrected chi connectivity index (χ2v) is 5.62. The van der Waals surface area contributed by atoms with Crippen molar-refractivity contribution < 1.29 is 17.9 Å². The first kappa shape index (κ1) is 13.4. The number of hydrogen-bond acceptors (Lipinski definition) is 5. The van der Waals surface area contributed by atoms with Gasteiger partial charge < -0.3 is 10.5 Å².